The van der Waals surface area contributed by atoms with Gasteiger partial charge in [0.15, 0.2) is 0 Å². The number of carboxylic acids is 1. The second-order valence-corrected chi connectivity index (χ2v) is 11.8. The van der Waals surface area contributed by atoms with E-state index in [-0.39, 0.29) is 11.5 Å². The van der Waals surface area contributed by atoms with Gasteiger partial charge in [-0.25, -0.2) is 14.8 Å². The predicted octanol–water partition coefficient (Wildman–Crippen LogP) is 5.84. The van der Waals surface area contributed by atoms with Crippen molar-refractivity contribution in [1.82, 2.24) is 14.5 Å². The lowest BCUT2D eigenvalue weighted by Gasteiger charge is -2.31. The molecule has 10 heteroatoms. The molecule has 3 aliphatic rings. The van der Waals surface area contributed by atoms with Crippen molar-refractivity contribution in [3.63, 3.8) is 0 Å². The minimum absolute atomic E-state index is 0.159. The minimum atomic E-state index is -0.960. The van der Waals surface area contributed by atoms with Gasteiger partial charge >= 0.3 is 5.97 Å². The van der Waals surface area contributed by atoms with Crippen molar-refractivity contribution in [2.24, 2.45) is 0 Å². The fourth-order valence-electron chi connectivity index (χ4n) is 6.78. The van der Waals surface area contributed by atoms with Crippen LogP contribution in [-0.4, -0.2) is 64.4 Å². The number of fused-ring (bicyclic) bond motifs is 1. The van der Waals surface area contributed by atoms with E-state index >= 15 is 0 Å². The summed E-state index contributed by atoms with van der Waals surface area (Å²) in [5, 5.41) is 9.54. The van der Waals surface area contributed by atoms with E-state index in [1.807, 2.05) is 29.2 Å². The van der Waals surface area contributed by atoms with Crippen LogP contribution in [-0.2, 0) is 16.1 Å². The van der Waals surface area contributed by atoms with Gasteiger partial charge in [0.2, 0.25) is 11.8 Å². The number of morpholine rings is 1. The third kappa shape index (κ3) is 5.61. The van der Waals surface area contributed by atoms with E-state index in [4.69, 9.17) is 14.5 Å². The molecule has 0 bridgehead atoms. The summed E-state index contributed by atoms with van der Waals surface area (Å²) in [6.45, 7) is 4.02. The van der Waals surface area contributed by atoms with Crippen molar-refractivity contribution in [3.05, 3.63) is 65.9 Å². The van der Waals surface area contributed by atoms with Crippen LogP contribution < -0.4 is 14.5 Å². The molecule has 1 amide bonds. The molecule has 4 heterocycles. The average Bonchev–Trinajstić information content (AvgIpc) is 3.68. The topological polar surface area (TPSA) is 110 Å². The SMILES string of the molecule is O=C(O)c1ccc2c(c1)nc(-c1ccc(OCc3cc(N4CCCC4=O)ccc3N3CCOCC3)nc1)n2C1CCCCC1. The number of benzene rings is 2. The Bertz CT molecular complexity index is 1670. The highest BCUT2D eigenvalue weighted by Crippen LogP contribution is 2.36. The number of ether oxygens (including phenoxy) is 2. The zero-order valence-corrected chi connectivity index (χ0v) is 24.8. The zero-order chi connectivity index (χ0) is 30.0. The van der Waals surface area contributed by atoms with Crippen LogP contribution in [0.4, 0.5) is 11.4 Å². The number of hydrogen-bond acceptors (Lipinski definition) is 7. The van der Waals surface area contributed by atoms with Crippen molar-refractivity contribution in [3.8, 4) is 17.3 Å². The van der Waals surface area contributed by atoms with E-state index in [0.717, 1.165) is 72.7 Å². The van der Waals surface area contributed by atoms with Crippen molar-refractivity contribution in [2.75, 3.05) is 42.6 Å². The average molecular weight is 596 g/mol. The van der Waals surface area contributed by atoms with Crippen molar-refractivity contribution in [1.29, 1.82) is 0 Å². The number of anilines is 2. The third-order valence-electron chi connectivity index (χ3n) is 9.05. The molecule has 2 saturated heterocycles. The lowest BCUT2D eigenvalue weighted by molar-refractivity contribution is -0.117. The standard InChI is InChI=1S/C34H37N5O5/c40-32-7-4-14-38(32)27-10-12-29(37-15-17-43-18-16-37)25(19-27)22-44-31-13-9-24(21-35-31)33-36-28-20-23(34(41)42)8-11-30(28)39(33)26-5-2-1-3-6-26/h8-13,19-21,26H,1-7,14-18,22H2,(H,41,42). The molecule has 4 aromatic rings. The largest absolute Gasteiger partial charge is 0.478 e. The normalized spacial score (nSPS) is 17.9. The summed E-state index contributed by atoms with van der Waals surface area (Å²) in [7, 11) is 0. The van der Waals surface area contributed by atoms with Crippen LogP contribution in [0.3, 0.4) is 0 Å². The van der Waals surface area contributed by atoms with Crippen LogP contribution in [0.2, 0.25) is 0 Å². The molecule has 1 saturated carbocycles. The van der Waals surface area contributed by atoms with Gasteiger partial charge in [0.1, 0.15) is 12.4 Å². The molecule has 228 valence electrons. The van der Waals surface area contributed by atoms with Crippen LogP contribution in [0.1, 0.15) is 66.9 Å². The predicted molar refractivity (Wildman–Crippen MR) is 167 cm³/mol. The summed E-state index contributed by atoms with van der Waals surface area (Å²) >= 11 is 0. The molecule has 2 aromatic heterocycles. The number of imidazole rings is 1. The van der Waals surface area contributed by atoms with Gasteiger partial charge in [0.05, 0.1) is 29.8 Å². The zero-order valence-electron chi connectivity index (χ0n) is 24.8. The second-order valence-electron chi connectivity index (χ2n) is 11.8. The van der Waals surface area contributed by atoms with Gasteiger partial charge in [-0.2, -0.15) is 0 Å². The van der Waals surface area contributed by atoms with E-state index in [0.29, 0.717) is 43.7 Å². The smallest absolute Gasteiger partial charge is 0.335 e. The van der Waals surface area contributed by atoms with Gasteiger partial charge in [-0.15, -0.1) is 0 Å². The molecule has 10 nitrogen and oxygen atoms in total. The van der Waals surface area contributed by atoms with E-state index < -0.39 is 5.97 Å². The van der Waals surface area contributed by atoms with E-state index in [1.54, 1.807) is 18.3 Å². The number of aromatic nitrogens is 3. The Morgan fingerprint density at radius 2 is 1.82 bits per heavy atom. The Morgan fingerprint density at radius 3 is 2.55 bits per heavy atom. The Morgan fingerprint density at radius 1 is 0.977 bits per heavy atom. The first-order valence-electron chi connectivity index (χ1n) is 15.7. The number of pyridine rings is 1. The molecular weight excluding hydrogens is 558 g/mol. The maximum Gasteiger partial charge on any atom is 0.335 e. The van der Waals surface area contributed by atoms with Gasteiger partial charge in [0.25, 0.3) is 0 Å². The number of carbonyl (C=O) groups is 2. The van der Waals surface area contributed by atoms with Gasteiger partial charge in [0, 0.05) is 66.9 Å². The lowest BCUT2D eigenvalue weighted by Crippen LogP contribution is -2.37. The van der Waals surface area contributed by atoms with Gasteiger partial charge in [-0.05, 0) is 61.7 Å². The monoisotopic (exact) mass is 595 g/mol. The van der Waals surface area contributed by atoms with Crippen LogP contribution in [0.5, 0.6) is 5.88 Å². The highest BCUT2D eigenvalue weighted by molar-refractivity contribution is 5.96. The molecule has 2 aliphatic heterocycles. The van der Waals surface area contributed by atoms with Crippen molar-refractivity contribution in [2.45, 2.75) is 57.6 Å². The highest BCUT2D eigenvalue weighted by Gasteiger charge is 2.25. The Labute approximate surface area is 256 Å². The van der Waals surface area contributed by atoms with Crippen LogP contribution in [0.15, 0.2) is 54.7 Å². The van der Waals surface area contributed by atoms with E-state index in [1.165, 1.54) is 19.3 Å². The number of nitrogens with zero attached hydrogens (tertiary/aromatic N) is 5. The Kier molecular flexibility index (Phi) is 7.91. The molecule has 3 fully saturated rings. The highest BCUT2D eigenvalue weighted by atomic mass is 16.5. The number of hydrogen-bond donors (Lipinski definition) is 1. The fourth-order valence-corrected chi connectivity index (χ4v) is 6.78. The number of carboxylic acid groups (broad SMARTS) is 1. The summed E-state index contributed by atoms with van der Waals surface area (Å²) in [6.07, 6.45) is 8.96. The second kappa shape index (κ2) is 12.3. The van der Waals surface area contributed by atoms with Crippen LogP contribution in [0, 0.1) is 0 Å². The first-order chi connectivity index (χ1) is 21.5. The molecule has 1 N–H and O–H groups in total. The molecular formula is C34H37N5O5. The number of carbonyl (C=O) groups excluding carboxylic acids is 1. The maximum atomic E-state index is 12.5. The number of amides is 1. The molecule has 7 rings (SSSR count). The summed E-state index contributed by atoms with van der Waals surface area (Å²) < 4.78 is 14.1. The first kappa shape index (κ1) is 28.3. The summed E-state index contributed by atoms with van der Waals surface area (Å²) in [5.74, 6) is 0.494. The molecule has 1 aliphatic carbocycles. The first-order valence-corrected chi connectivity index (χ1v) is 15.7. The summed E-state index contributed by atoms with van der Waals surface area (Å²) in [6, 6.07) is 15.5. The van der Waals surface area contributed by atoms with Gasteiger partial charge in [-0.1, -0.05) is 19.3 Å². The molecule has 44 heavy (non-hydrogen) atoms. The van der Waals surface area contributed by atoms with E-state index in [2.05, 4.69) is 26.6 Å². The molecule has 2 aromatic carbocycles. The summed E-state index contributed by atoms with van der Waals surface area (Å²) in [4.78, 5) is 37.8. The fraction of sp³-hybridized carbons (Fsp3) is 0.412. The Balaban J connectivity index is 1.16. The van der Waals surface area contributed by atoms with E-state index in [9.17, 15) is 14.7 Å². The number of rotatable bonds is 8. The Hall–Kier alpha value is -4.44. The maximum absolute atomic E-state index is 12.5. The van der Waals surface area contributed by atoms with Gasteiger partial charge < -0.3 is 28.9 Å². The van der Waals surface area contributed by atoms with Crippen LogP contribution >= 0.6 is 0 Å². The lowest BCUT2D eigenvalue weighted by atomic mass is 9.95. The molecule has 0 atom stereocenters. The quantitative estimate of drug-likeness (QED) is 0.270. The third-order valence-corrected chi connectivity index (χ3v) is 9.05. The summed E-state index contributed by atoms with van der Waals surface area (Å²) in [5.41, 5.74) is 5.71. The molecule has 0 unspecified atom stereocenters. The number of aromatic carboxylic acids is 1. The minimum Gasteiger partial charge on any atom is -0.478 e. The molecule has 0 radical (unpaired) electrons. The van der Waals surface area contributed by atoms with Crippen molar-refractivity contribution >= 4 is 34.3 Å². The van der Waals surface area contributed by atoms with Gasteiger partial charge in [-0.3, -0.25) is 4.79 Å². The van der Waals surface area contributed by atoms with Crippen LogP contribution in [0.25, 0.3) is 22.4 Å². The molecule has 0 spiro atoms. The van der Waals surface area contributed by atoms with Crippen molar-refractivity contribution < 1.29 is 24.2 Å².